The molecule has 2 heterocycles. The molecule has 0 aliphatic rings. The third-order valence-corrected chi connectivity index (χ3v) is 4.47. The van der Waals surface area contributed by atoms with Gasteiger partial charge in [0.25, 0.3) is 0 Å². The zero-order valence-corrected chi connectivity index (χ0v) is 13.8. The minimum Gasteiger partial charge on any atom is -0.467 e. The van der Waals surface area contributed by atoms with Gasteiger partial charge in [0.15, 0.2) is 0 Å². The summed E-state index contributed by atoms with van der Waals surface area (Å²) in [5.74, 6) is 0.229. The summed E-state index contributed by atoms with van der Waals surface area (Å²) in [6.07, 6.45) is 2.31. The van der Waals surface area contributed by atoms with Gasteiger partial charge in [-0.25, -0.2) is 9.18 Å². The Labute approximate surface area is 143 Å². The molecule has 6 heteroatoms. The third kappa shape index (κ3) is 4.23. The summed E-state index contributed by atoms with van der Waals surface area (Å²) in [7, 11) is 0. The molecule has 0 aliphatic heterocycles. The fourth-order valence-corrected chi connectivity index (χ4v) is 3.00. The van der Waals surface area contributed by atoms with Crippen LogP contribution in [0.2, 0.25) is 0 Å². The second kappa shape index (κ2) is 7.79. The Bertz CT molecular complexity index is 772. The Morgan fingerprint density at radius 2 is 2.04 bits per heavy atom. The smallest absolute Gasteiger partial charge is 0.322 e. The first-order valence-corrected chi connectivity index (χ1v) is 8.45. The number of nitrogens with one attached hydrogen (secondary N) is 1. The Hall–Kier alpha value is -2.60. The number of amides is 2. The predicted molar refractivity (Wildman–Crippen MR) is 92.6 cm³/mol. The molecule has 24 heavy (non-hydrogen) atoms. The Morgan fingerprint density at radius 1 is 1.17 bits per heavy atom. The maximum Gasteiger partial charge on any atom is 0.322 e. The van der Waals surface area contributed by atoms with Gasteiger partial charge in [-0.05, 0) is 42.1 Å². The van der Waals surface area contributed by atoms with E-state index in [4.69, 9.17) is 4.42 Å². The van der Waals surface area contributed by atoms with Crippen LogP contribution in [0.25, 0.3) is 0 Å². The van der Waals surface area contributed by atoms with Crippen LogP contribution in [0.5, 0.6) is 0 Å². The van der Waals surface area contributed by atoms with Crippen LogP contribution in [0.3, 0.4) is 0 Å². The van der Waals surface area contributed by atoms with Crippen LogP contribution >= 0.6 is 11.3 Å². The van der Waals surface area contributed by atoms with Crippen molar-refractivity contribution in [3.05, 3.63) is 76.6 Å². The number of hydrogen-bond donors (Lipinski definition) is 1. The van der Waals surface area contributed by atoms with Gasteiger partial charge in [-0.2, -0.15) is 0 Å². The largest absolute Gasteiger partial charge is 0.467 e. The van der Waals surface area contributed by atoms with Crippen molar-refractivity contribution in [1.29, 1.82) is 0 Å². The molecule has 0 saturated heterocycles. The van der Waals surface area contributed by atoms with Crippen LogP contribution in [0.15, 0.2) is 64.6 Å². The fraction of sp³-hybridized carbons (Fsp3) is 0.167. The van der Waals surface area contributed by atoms with E-state index in [0.29, 0.717) is 18.8 Å². The molecule has 1 N–H and O–H groups in total. The van der Waals surface area contributed by atoms with Gasteiger partial charge in [0.1, 0.15) is 11.6 Å². The second-order valence-corrected chi connectivity index (χ2v) is 6.27. The lowest BCUT2D eigenvalue weighted by Crippen LogP contribution is -2.36. The van der Waals surface area contributed by atoms with Gasteiger partial charge in [0.05, 0.1) is 18.5 Å². The zero-order valence-electron chi connectivity index (χ0n) is 12.9. The highest BCUT2D eigenvalue weighted by atomic mass is 32.1. The number of hydrogen-bond acceptors (Lipinski definition) is 3. The molecule has 2 amide bonds. The lowest BCUT2D eigenvalue weighted by Gasteiger charge is -2.22. The van der Waals surface area contributed by atoms with E-state index in [1.165, 1.54) is 17.0 Å². The van der Waals surface area contributed by atoms with E-state index in [-0.39, 0.29) is 11.7 Å². The number of urea groups is 1. The quantitative estimate of drug-likeness (QED) is 0.701. The number of anilines is 1. The van der Waals surface area contributed by atoms with Crippen molar-refractivity contribution in [2.24, 2.45) is 0 Å². The number of carbonyl (C=O) groups is 1. The minimum atomic E-state index is -0.456. The number of thiophene rings is 1. The number of nitrogens with zero attached hydrogens (tertiary/aromatic N) is 1. The molecule has 0 aliphatic carbocycles. The maximum absolute atomic E-state index is 13.7. The zero-order chi connectivity index (χ0) is 16.8. The molecule has 0 bridgehead atoms. The molecule has 124 valence electrons. The van der Waals surface area contributed by atoms with Gasteiger partial charge in [-0.15, -0.1) is 11.3 Å². The summed E-state index contributed by atoms with van der Waals surface area (Å²) >= 11 is 1.65. The first-order chi connectivity index (χ1) is 11.7. The molecular formula is C18H17FN2O2S. The SMILES string of the molecule is O=C(Nc1ccccc1F)N(CCc1cccs1)Cc1ccco1. The Morgan fingerprint density at radius 3 is 2.75 bits per heavy atom. The second-order valence-electron chi connectivity index (χ2n) is 5.24. The normalized spacial score (nSPS) is 10.5. The summed E-state index contributed by atoms with van der Waals surface area (Å²) in [6, 6.07) is 13.4. The van der Waals surface area contributed by atoms with E-state index in [1.807, 2.05) is 23.6 Å². The summed E-state index contributed by atoms with van der Waals surface area (Å²) in [5, 5.41) is 4.63. The van der Waals surface area contributed by atoms with Crippen molar-refractivity contribution in [1.82, 2.24) is 4.90 Å². The molecule has 0 radical (unpaired) electrons. The van der Waals surface area contributed by atoms with E-state index in [0.717, 1.165) is 6.42 Å². The molecule has 3 aromatic rings. The number of para-hydroxylation sites is 1. The molecule has 0 atom stereocenters. The summed E-state index contributed by atoms with van der Waals surface area (Å²) in [4.78, 5) is 15.4. The number of halogens is 1. The van der Waals surface area contributed by atoms with Crippen LogP contribution in [0.1, 0.15) is 10.6 Å². The highest BCUT2D eigenvalue weighted by Crippen LogP contribution is 2.16. The molecule has 3 rings (SSSR count). The van der Waals surface area contributed by atoms with Crippen molar-refractivity contribution < 1.29 is 13.6 Å². The van der Waals surface area contributed by atoms with E-state index >= 15 is 0 Å². The fourth-order valence-electron chi connectivity index (χ4n) is 2.30. The van der Waals surface area contributed by atoms with Gasteiger partial charge < -0.3 is 14.6 Å². The van der Waals surface area contributed by atoms with E-state index < -0.39 is 5.82 Å². The van der Waals surface area contributed by atoms with Crippen LogP contribution in [0, 0.1) is 5.82 Å². The average molecular weight is 344 g/mol. The molecule has 0 spiro atoms. The van der Waals surface area contributed by atoms with Crippen LogP contribution in [-0.4, -0.2) is 17.5 Å². The highest BCUT2D eigenvalue weighted by Gasteiger charge is 2.17. The van der Waals surface area contributed by atoms with E-state index in [9.17, 15) is 9.18 Å². The average Bonchev–Trinajstić information content (AvgIpc) is 3.27. The standard InChI is InChI=1S/C18H17FN2O2S/c19-16-7-1-2-8-17(16)20-18(22)21(13-14-5-3-11-23-14)10-9-15-6-4-12-24-15/h1-8,11-12H,9-10,13H2,(H,20,22). The van der Waals surface area contributed by atoms with Gasteiger partial charge in [0, 0.05) is 11.4 Å². The topological polar surface area (TPSA) is 45.5 Å². The van der Waals surface area contributed by atoms with Crippen molar-refractivity contribution in [2.75, 3.05) is 11.9 Å². The monoisotopic (exact) mass is 344 g/mol. The molecule has 2 aromatic heterocycles. The first-order valence-electron chi connectivity index (χ1n) is 7.57. The van der Waals surface area contributed by atoms with Crippen LogP contribution < -0.4 is 5.32 Å². The van der Waals surface area contributed by atoms with Crippen LogP contribution in [-0.2, 0) is 13.0 Å². The molecular weight excluding hydrogens is 327 g/mol. The summed E-state index contributed by atoms with van der Waals surface area (Å²) in [6.45, 7) is 0.847. The van der Waals surface area contributed by atoms with E-state index in [1.54, 1.807) is 40.7 Å². The van der Waals surface area contributed by atoms with Crippen molar-refractivity contribution in [3.63, 3.8) is 0 Å². The van der Waals surface area contributed by atoms with Gasteiger partial charge in [0.2, 0.25) is 0 Å². The van der Waals surface area contributed by atoms with Gasteiger partial charge >= 0.3 is 6.03 Å². The number of furan rings is 1. The lowest BCUT2D eigenvalue weighted by atomic mass is 10.3. The summed E-state index contributed by atoms with van der Waals surface area (Å²) < 4.78 is 19.1. The summed E-state index contributed by atoms with van der Waals surface area (Å²) in [5.41, 5.74) is 0.170. The molecule has 0 fully saturated rings. The van der Waals surface area contributed by atoms with Gasteiger partial charge in [-0.3, -0.25) is 0 Å². The van der Waals surface area contributed by atoms with Crippen molar-refractivity contribution in [2.45, 2.75) is 13.0 Å². The highest BCUT2D eigenvalue weighted by molar-refractivity contribution is 7.09. The first kappa shape index (κ1) is 16.3. The Kier molecular flexibility index (Phi) is 5.28. The number of rotatable bonds is 6. The van der Waals surface area contributed by atoms with E-state index in [2.05, 4.69) is 5.32 Å². The third-order valence-electron chi connectivity index (χ3n) is 3.54. The Balaban J connectivity index is 1.70. The lowest BCUT2D eigenvalue weighted by molar-refractivity contribution is 0.205. The molecule has 4 nitrogen and oxygen atoms in total. The maximum atomic E-state index is 13.7. The molecule has 1 aromatic carbocycles. The number of benzene rings is 1. The van der Waals surface area contributed by atoms with Crippen molar-refractivity contribution >= 4 is 23.1 Å². The van der Waals surface area contributed by atoms with Gasteiger partial charge in [-0.1, -0.05) is 18.2 Å². The molecule has 0 saturated carbocycles. The molecule has 0 unspecified atom stereocenters. The van der Waals surface area contributed by atoms with Crippen LogP contribution in [0.4, 0.5) is 14.9 Å². The van der Waals surface area contributed by atoms with Crippen molar-refractivity contribution in [3.8, 4) is 0 Å². The number of carbonyl (C=O) groups excluding carboxylic acids is 1. The minimum absolute atomic E-state index is 0.170. The predicted octanol–water partition coefficient (Wildman–Crippen LogP) is 4.76.